The fraction of sp³-hybridized carbons (Fsp3) is 0.818. The van der Waals surface area contributed by atoms with Crippen molar-refractivity contribution in [2.45, 2.75) is 39.4 Å². The van der Waals surface area contributed by atoms with Crippen LogP contribution in [-0.2, 0) is 23.8 Å². The van der Waals surface area contributed by atoms with Crippen LogP contribution in [0.1, 0.15) is 33.1 Å². The monoisotopic (exact) mass is 230 g/mol. The van der Waals surface area contributed by atoms with Gasteiger partial charge >= 0.3 is 11.9 Å². The number of ether oxygens (including phenoxy) is 3. The molecule has 5 nitrogen and oxygen atoms in total. The van der Waals surface area contributed by atoms with Crippen molar-refractivity contribution in [3.05, 3.63) is 0 Å². The lowest BCUT2D eigenvalue weighted by Crippen LogP contribution is -2.24. The first-order valence-corrected chi connectivity index (χ1v) is 5.52. The molecule has 0 bridgehead atoms. The molecule has 0 spiro atoms. The van der Waals surface area contributed by atoms with E-state index >= 15 is 0 Å². The third kappa shape index (κ3) is 5.11. The van der Waals surface area contributed by atoms with Crippen LogP contribution in [0, 0.1) is 5.92 Å². The van der Waals surface area contributed by atoms with E-state index in [1.165, 1.54) is 13.8 Å². The highest BCUT2D eigenvalue weighted by molar-refractivity contribution is 5.70. The van der Waals surface area contributed by atoms with Gasteiger partial charge in [-0.25, -0.2) is 0 Å². The lowest BCUT2D eigenvalue weighted by atomic mass is 9.97. The second kappa shape index (κ2) is 6.48. The molecular weight excluding hydrogens is 212 g/mol. The molecule has 92 valence electrons. The minimum atomic E-state index is -0.801. The van der Waals surface area contributed by atoms with Gasteiger partial charge in [0.2, 0.25) is 6.29 Å². The predicted octanol–water partition coefficient (Wildman–Crippen LogP) is 1.26. The van der Waals surface area contributed by atoms with E-state index in [2.05, 4.69) is 0 Å². The Morgan fingerprint density at radius 3 is 2.50 bits per heavy atom. The number of hydrogen-bond acceptors (Lipinski definition) is 5. The van der Waals surface area contributed by atoms with Crippen LogP contribution in [0.3, 0.4) is 0 Å². The first-order valence-electron chi connectivity index (χ1n) is 5.52. The third-order valence-corrected chi connectivity index (χ3v) is 2.43. The van der Waals surface area contributed by atoms with Crippen LogP contribution in [0.4, 0.5) is 0 Å². The fourth-order valence-corrected chi connectivity index (χ4v) is 1.68. The van der Waals surface area contributed by atoms with Crippen molar-refractivity contribution in [1.29, 1.82) is 0 Å². The van der Waals surface area contributed by atoms with Crippen molar-refractivity contribution in [3.63, 3.8) is 0 Å². The fourth-order valence-electron chi connectivity index (χ4n) is 1.68. The Morgan fingerprint density at radius 1 is 1.31 bits per heavy atom. The summed E-state index contributed by atoms with van der Waals surface area (Å²) in [5, 5.41) is 0. The van der Waals surface area contributed by atoms with Crippen LogP contribution in [0.15, 0.2) is 0 Å². The van der Waals surface area contributed by atoms with Gasteiger partial charge in [0.1, 0.15) is 0 Å². The summed E-state index contributed by atoms with van der Waals surface area (Å²) in [5.41, 5.74) is 0. The van der Waals surface area contributed by atoms with E-state index in [0.29, 0.717) is 25.6 Å². The molecule has 5 heteroatoms. The van der Waals surface area contributed by atoms with Gasteiger partial charge in [0, 0.05) is 33.5 Å². The molecule has 1 saturated heterocycles. The SMILES string of the molecule is CC(=O)OC(C)OC(=O)CC1CCOCC1. The van der Waals surface area contributed by atoms with E-state index in [4.69, 9.17) is 14.2 Å². The van der Waals surface area contributed by atoms with E-state index in [1.807, 2.05) is 0 Å². The summed E-state index contributed by atoms with van der Waals surface area (Å²) in [5.74, 6) is -0.446. The van der Waals surface area contributed by atoms with Gasteiger partial charge < -0.3 is 14.2 Å². The maximum Gasteiger partial charge on any atom is 0.309 e. The minimum absolute atomic E-state index is 0.319. The summed E-state index contributed by atoms with van der Waals surface area (Å²) in [6.07, 6.45) is 1.34. The molecule has 0 aromatic rings. The van der Waals surface area contributed by atoms with E-state index in [0.717, 1.165) is 12.8 Å². The van der Waals surface area contributed by atoms with Crippen LogP contribution in [0.5, 0.6) is 0 Å². The first kappa shape index (κ1) is 13.0. The molecule has 16 heavy (non-hydrogen) atoms. The number of carbonyl (C=O) groups is 2. The Morgan fingerprint density at radius 2 is 1.94 bits per heavy atom. The lowest BCUT2D eigenvalue weighted by molar-refractivity contribution is -0.183. The van der Waals surface area contributed by atoms with E-state index in [-0.39, 0.29) is 5.97 Å². The smallest absolute Gasteiger partial charge is 0.309 e. The Kier molecular flexibility index (Phi) is 5.25. The summed E-state index contributed by atoms with van der Waals surface area (Å²) in [6.45, 7) is 4.22. The summed E-state index contributed by atoms with van der Waals surface area (Å²) >= 11 is 0. The Balaban J connectivity index is 2.21. The Hall–Kier alpha value is -1.10. The van der Waals surface area contributed by atoms with Crippen LogP contribution in [0.2, 0.25) is 0 Å². The highest BCUT2D eigenvalue weighted by Gasteiger charge is 2.20. The van der Waals surface area contributed by atoms with Gasteiger partial charge in [-0.15, -0.1) is 0 Å². The molecule has 1 fully saturated rings. The van der Waals surface area contributed by atoms with Gasteiger partial charge in [0.05, 0.1) is 0 Å². The van der Waals surface area contributed by atoms with E-state index in [1.54, 1.807) is 0 Å². The van der Waals surface area contributed by atoms with Crippen molar-refractivity contribution in [2.75, 3.05) is 13.2 Å². The molecule has 1 atom stereocenters. The van der Waals surface area contributed by atoms with Crippen molar-refractivity contribution in [1.82, 2.24) is 0 Å². The molecule has 1 aliphatic rings. The summed E-state index contributed by atoms with van der Waals surface area (Å²) in [6, 6.07) is 0. The summed E-state index contributed by atoms with van der Waals surface area (Å²) in [7, 11) is 0. The zero-order chi connectivity index (χ0) is 12.0. The molecule has 1 aliphatic heterocycles. The average Bonchev–Trinajstić information content (AvgIpc) is 2.17. The van der Waals surface area contributed by atoms with E-state index in [9.17, 15) is 9.59 Å². The topological polar surface area (TPSA) is 61.8 Å². The van der Waals surface area contributed by atoms with Crippen molar-refractivity contribution < 1.29 is 23.8 Å². The van der Waals surface area contributed by atoms with Gasteiger partial charge in [-0.05, 0) is 18.8 Å². The second-order valence-corrected chi connectivity index (χ2v) is 3.93. The number of rotatable bonds is 4. The van der Waals surface area contributed by atoms with Gasteiger partial charge in [-0.2, -0.15) is 0 Å². The number of esters is 2. The van der Waals surface area contributed by atoms with Crippen molar-refractivity contribution in [2.24, 2.45) is 5.92 Å². The minimum Gasteiger partial charge on any atom is -0.426 e. The molecule has 0 aliphatic carbocycles. The highest BCUT2D eigenvalue weighted by atomic mass is 16.7. The van der Waals surface area contributed by atoms with E-state index < -0.39 is 12.3 Å². The predicted molar refractivity (Wildman–Crippen MR) is 55.5 cm³/mol. The van der Waals surface area contributed by atoms with Gasteiger partial charge in [-0.3, -0.25) is 9.59 Å². The highest BCUT2D eigenvalue weighted by Crippen LogP contribution is 2.19. The third-order valence-electron chi connectivity index (χ3n) is 2.43. The van der Waals surface area contributed by atoms with Crippen LogP contribution < -0.4 is 0 Å². The summed E-state index contributed by atoms with van der Waals surface area (Å²) in [4.78, 5) is 22.0. The largest absolute Gasteiger partial charge is 0.426 e. The normalized spacial score (nSPS) is 18.9. The zero-order valence-electron chi connectivity index (χ0n) is 9.73. The first-order chi connectivity index (χ1) is 7.58. The average molecular weight is 230 g/mol. The standard InChI is InChI=1S/C11H18O5/c1-8(12)15-9(2)16-11(13)7-10-3-5-14-6-4-10/h9-10H,3-7H2,1-2H3. The molecule has 0 amide bonds. The molecule has 0 radical (unpaired) electrons. The van der Waals surface area contributed by atoms with Gasteiger partial charge in [-0.1, -0.05) is 0 Å². The molecule has 1 rings (SSSR count). The van der Waals surface area contributed by atoms with Crippen LogP contribution >= 0.6 is 0 Å². The Labute approximate surface area is 95.0 Å². The molecule has 0 saturated carbocycles. The number of hydrogen-bond donors (Lipinski definition) is 0. The lowest BCUT2D eigenvalue weighted by Gasteiger charge is -2.21. The molecular formula is C11H18O5. The van der Waals surface area contributed by atoms with Crippen LogP contribution in [-0.4, -0.2) is 31.4 Å². The Bertz CT molecular complexity index is 245. The molecule has 1 heterocycles. The zero-order valence-corrected chi connectivity index (χ0v) is 9.73. The van der Waals surface area contributed by atoms with Crippen molar-refractivity contribution in [3.8, 4) is 0 Å². The summed E-state index contributed by atoms with van der Waals surface area (Å²) < 4.78 is 14.8. The molecule has 1 unspecified atom stereocenters. The number of carbonyl (C=O) groups excluding carboxylic acids is 2. The van der Waals surface area contributed by atoms with Gasteiger partial charge in [0.15, 0.2) is 0 Å². The van der Waals surface area contributed by atoms with Gasteiger partial charge in [0.25, 0.3) is 0 Å². The maximum absolute atomic E-state index is 11.4. The molecule has 0 aromatic carbocycles. The second-order valence-electron chi connectivity index (χ2n) is 3.93. The quantitative estimate of drug-likeness (QED) is 0.537. The molecule has 0 N–H and O–H groups in total. The molecule has 0 aromatic heterocycles. The maximum atomic E-state index is 11.4. The van der Waals surface area contributed by atoms with Crippen molar-refractivity contribution >= 4 is 11.9 Å². The van der Waals surface area contributed by atoms with Crippen LogP contribution in [0.25, 0.3) is 0 Å².